The second-order valence-electron chi connectivity index (χ2n) is 4.80. The second-order valence-corrected chi connectivity index (χ2v) is 4.80. The van der Waals surface area contributed by atoms with Crippen LogP contribution >= 0.6 is 0 Å². The molecule has 21 heavy (non-hydrogen) atoms. The molecule has 1 unspecified atom stereocenters. The lowest BCUT2D eigenvalue weighted by atomic mass is 10.0. The lowest BCUT2D eigenvalue weighted by Gasteiger charge is -2.06. The normalized spacial score (nSPS) is 18.3. The van der Waals surface area contributed by atoms with Gasteiger partial charge in [-0.25, -0.2) is 0 Å². The number of nitriles is 2. The largest absolute Gasteiger partial charge is 0.489 e. The summed E-state index contributed by atoms with van der Waals surface area (Å²) >= 11 is 0. The maximum atomic E-state index is 8.93. The summed E-state index contributed by atoms with van der Waals surface area (Å²) in [5, 5.41) is 17.9. The number of hydrogen-bond donors (Lipinski definition) is 0. The van der Waals surface area contributed by atoms with E-state index < -0.39 is 11.7 Å². The Hall–Kier alpha value is -2.82. The van der Waals surface area contributed by atoms with Gasteiger partial charge in [-0.2, -0.15) is 10.5 Å². The highest BCUT2D eigenvalue weighted by Crippen LogP contribution is 2.48. The lowest BCUT2D eigenvalue weighted by Crippen LogP contribution is -2.04. The van der Waals surface area contributed by atoms with Crippen molar-refractivity contribution in [2.24, 2.45) is 0 Å². The molecule has 4 nitrogen and oxygen atoms in total. The van der Waals surface area contributed by atoms with Crippen LogP contribution in [0.2, 0.25) is 0 Å². The van der Waals surface area contributed by atoms with Gasteiger partial charge < -0.3 is 9.47 Å². The average molecular weight is 276 g/mol. The molecule has 0 aliphatic carbocycles. The van der Waals surface area contributed by atoms with Gasteiger partial charge in [-0.1, -0.05) is 42.5 Å². The molecular weight excluding hydrogens is 264 g/mol. The van der Waals surface area contributed by atoms with E-state index in [1.165, 1.54) is 0 Å². The molecule has 1 fully saturated rings. The molecule has 0 aromatic heterocycles. The number of nitrogens with zero attached hydrogens (tertiary/aromatic N) is 2. The molecule has 1 saturated heterocycles. The summed E-state index contributed by atoms with van der Waals surface area (Å²) in [6.45, 7) is 0.500. The predicted octanol–water partition coefficient (Wildman–Crippen LogP) is 3.12. The van der Waals surface area contributed by atoms with Crippen molar-refractivity contribution >= 4 is 0 Å². The summed E-state index contributed by atoms with van der Waals surface area (Å²) in [4.78, 5) is 0. The summed E-state index contributed by atoms with van der Waals surface area (Å²) in [5.74, 6) is 0.739. The molecule has 3 rings (SSSR count). The molecule has 2 aromatic rings. The molecule has 0 amide bonds. The van der Waals surface area contributed by atoms with Gasteiger partial charge in [0.15, 0.2) is 0 Å². The van der Waals surface area contributed by atoms with Crippen molar-refractivity contribution in [3.8, 4) is 17.9 Å². The molecule has 0 bridgehead atoms. The van der Waals surface area contributed by atoms with Gasteiger partial charge in [0.1, 0.15) is 30.6 Å². The van der Waals surface area contributed by atoms with Crippen molar-refractivity contribution in [2.75, 3.05) is 0 Å². The fourth-order valence-corrected chi connectivity index (χ4v) is 2.13. The first kappa shape index (κ1) is 13.2. The molecular formula is C17H12N2O2. The maximum Gasteiger partial charge on any atom is 0.272 e. The molecule has 1 atom stereocenters. The van der Waals surface area contributed by atoms with Crippen molar-refractivity contribution in [3.05, 3.63) is 65.7 Å². The zero-order chi connectivity index (χ0) is 14.7. The van der Waals surface area contributed by atoms with Crippen LogP contribution in [0.3, 0.4) is 0 Å². The first-order chi connectivity index (χ1) is 10.3. The van der Waals surface area contributed by atoms with Gasteiger partial charge in [-0.15, -0.1) is 0 Å². The molecule has 4 heteroatoms. The Morgan fingerprint density at radius 3 is 2.24 bits per heavy atom. The SMILES string of the molecule is N#CC1(C#N)OC1c1ccc(OCc2ccccc2)cc1. The van der Waals surface area contributed by atoms with E-state index in [1.807, 2.05) is 66.7 Å². The Morgan fingerprint density at radius 1 is 1.00 bits per heavy atom. The van der Waals surface area contributed by atoms with E-state index in [9.17, 15) is 0 Å². The van der Waals surface area contributed by atoms with Crippen molar-refractivity contribution in [1.29, 1.82) is 10.5 Å². The van der Waals surface area contributed by atoms with Crippen LogP contribution < -0.4 is 4.74 Å². The van der Waals surface area contributed by atoms with Crippen LogP contribution in [-0.4, -0.2) is 5.60 Å². The number of hydrogen-bond acceptors (Lipinski definition) is 4. The van der Waals surface area contributed by atoms with E-state index >= 15 is 0 Å². The molecule has 0 spiro atoms. The van der Waals surface area contributed by atoms with Crippen LogP contribution in [0.1, 0.15) is 17.2 Å². The van der Waals surface area contributed by atoms with Crippen molar-refractivity contribution in [3.63, 3.8) is 0 Å². The molecule has 1 aliphatic heterocycles. The number of rotatable bonds is 4. The molecule has 2 aromatic carbocycles. The topological polar surface area (TPSA) is 69.3 Å². The zero-order valence-corrected chi connectivity index (χ0v) is 11.2. The van der Waals surface area contributed by atoms with Gasteiger partial charge in [0.2, 0.25) is 0 Å². The summed E-state index contributed by atoms with van der Waals surface area (Å²) in [5.41, 5.74) is 0.595. The number of benzene rings is 2. The molecule has 1 heterocycles. The summed E-state index contributed by atoms with van der Waals surface area (Å²) < 4.78 is 10.9. The minimum absolute atomic E-state index is 0.462. The Kier molecular flexibility index (Phi) is 3.31. The Morgan fingerprint density at radius 2 is 1.67 bits per heavy atom. The molecule has 0 saturated carbocycles. The maximum absolute atomic E-state index is 8.93. The average Bonchev–Trinajstić information content (AvgIpc) is 3.30. The Bertz CT molecular complexity index is 697. The third-order valence-corrected chi connectivity index (χ3v) is 3.38. The van der Waals surface area contributed by atoms with Gasteiger partial charge >= 0.3 is 0 Å². The van der Waals surface area contributed by atoms with Crippen molar-refractivity contribution < 1.29 is 9.47 Å². The molecule has 102 valence electrons. The van der Waals surface area contributed by atoms with E-state index in [0.717, 1.165) is 16.9 Å². The minimum atomic E-state index is -1.31. The van der Waals surface area contributed by atoms with E-state index in [-0.39, 0.29) is 0 Å². The van der Waals surface area contributed by atoms with Gasteiger partial charge in [-0.3, -0.25) is 0 Å². The minimum Gasteiger partial charge on any atom is -0.489 e. The van der Waals surface area contributed by atoms with E-state index in [1.54, 1.807) is 0 Å². The molecule has 1 aliphatic rings. The monoisotopic (exact) mass is 276 g/mol. The third-order valence-electron chi connectivity index (χ3n) is 3.38. The van der Waals surface area contributed by atoms with Crippen LogP contribution in [0.5, 0.6) is 5.75 Å². The third kappa shape index (κ3) is 2.58. The molecule has 0 N–H and O–H groups in total. The Labute approximate surface area is 122 Å². The standard InChI is InChI=1S/C17H12N2O2/c18-11-17(12-19)16(21-17)14-6-8-15(9-7-14)20-10-13-4-2-1-3-5-13/h1-9,16H,10H2. The Balaban J connectivity index is 1.64. The zero-order valence-electron chi connectivity index (χ0n) is 11.2. The lowest BCUT2D eigenvalue weighted by molar-refractivity contribution is 0.306. The predicted molar refractivity (Wildman–Crippen MR) is 75.0 cm³/mol. The summed E-state index contributed by atoms with van der Waals surface area (Å²) in [6, 6.07) is 21.0. The van der Waals surface area contributed by atoms with Gasteiger partial charge in [0, 0.05) is 0 Å². The van der Waals surface area contributed by atoms with Gasteiger partial charge in [0.05, 0.1) is 0 Å². The summed E-state index contributed by atoms with van der Waals surface area (Å²) in [7, 11) is 0. The highest BCUT2D eigenvalue weighted by molar-refractivity contribution is 5.40. The molecule has 0 radical (unpaired) electrons. The first-order valence-corrected chi connectivity index (χ1v) is 6.54. The highest BCUT2D eigenvalue weighted by atomic mass is 16.6. The second kappa shape index (κ2) is 5.28. The first-order valence-electron chi connectivity index (χ1n) is 6.54. The summed E-state index contributed by atoms with van der Waals surface area (Å²) in [6.07, 6.45) is -0.462. The quantitative estimate of drug-likeness (QED) is 0.804. The van der Waals surface area contributed by atoms with Crippen LogP contribution in [0.4, 0.5) is 0 Å². The fraction of sp³-hybridized carbons (Fsp3) is 0.176. The highest BCUT2D eigenvalue weighted by Gasteiger charge is 2.59. The van der Waals surface area contributed by atoms with Crippen LogP contribution in [0.25, 0.3) is 0 Å². The van der Waals surface area contributed by atoms with Crippen molar-refractivity contribution in [2.45, 2.75) is 18.3 Å². The van der Waals surface area contributed by atoms with Crippen molar-refractivity contribution in [1.82, 2.24) is 0 Å². The smallest absolute Gasteiger partial charge is 0.272 e. The van der Waals surface area contributed by atoms with Gasteiger partial charge in [0.25, 0.3) is 5.60 Å². The van der Waals surface area contributed by atoms with Crippen LogP contribution in [-0.2, 0) is 11.3 Å². The van der Waals surface area contributed by atoms with Crippen LogP contribution in [0.15, 0.2) is 54.6 Å². The van der Waals surface area contributed by atoms with E-state index in [0.29, 0.717) is 6.61 Å². The number of epoxide rings is 1. The fourth-order valence-electron chi connectivity index (χ4n) is 2.13. The van der Waals surface area contributed by atoms with Crippen LogP contribution in [0, 0.1) is 22.7 Å². The van der Waals surface area contributed by atoms with Gasteiger partial charge in [-0.05, 0) is 23.3 Å². The number of ether oxygens (including phenoxy) is 2. The van der Waals surface area contributed by atoms with E-state index in [4.69, 9.17) is 20.0 Å². The van der Waals surface area contributed by atoms with E-state index in [2.05, 4.69) is 0 Å².